The van der Waals surface area contributed by atoms with Gasteiger partial charge in [0.1, 0.15) is 0 Å². The molecule has 0 radical (unpaired) electrons. The third kappa shape index (κ3) is 4.03. The second kappa shape index (κ2) is 6.73. The summed E-state index contributed by atoms with van der Waals surface area (Å²) in [5.41, 5.74) is 0.857. The third-order valence-corrected chi connectivity index (χ3v) is 4.63. The molecule has 0 unspecified atom stereocenters. The first-order chi connectivity index (χ1) is 10.3. The second-order valence-electron chi connectivity index (χ2n) is 6.65. The lowest BCUT2D eigenvalue weighted by molar-refractivity contribution is -0.132. The smallest absolute Gasteiger partial charge is 0.225 e. The number of nitrogens with one attached hydrogen (secondary N) is 1. The predicted octanol–water partition coefficient (Wildman–Crippen LogP) is 2.67. The highest BCUT2D eigenvalue weighted by Gasteiger charge is 2.39. The number of amides is 2. The fraction of sp³-hybridized carbons (Fsp3) is 0.529. The van der Waals surface area contributed by atoms with Crippen LogP contribution in [0.2, 0.25) is 0 Å². The molecular formula is C17H24N2O2S. The SMILES string of the molecule is CSc1cccc(CNC(=O)[C@H]2CC(=O)N(C(C)(C)C)C2)c1. The Hall–Kier alpha value is -1.49. The fourth-order valence-corrected chi connectivity index (χ4v) is 3.13. The van der Waals surface area contributed by atoms with Gasteiger partial charge >= 0.3 is 0 Å². The van der Waals surface area contributed by atoms with Crippen LogP contribution in [0.25, 0.3) is 0 Å². The van der Waals surface area contributed by atoms with Crippen LogP contribution in [0, 0.1) is 5.92 Å². The zero-order chi connectivity index (χ0) is 16.3. The van der Waals surface area contributed by atoms with Gasteiger partial charge in [-0.3, -0.25) is 9.59 Å². The molecule has 0 spiro atoms. The van der Waals surface area contributed by atoms with Crippen LogP contribution >= 0.6 is 11.8 Å². The van der Waals surface area contributed by atoms with Crippen molar-refractivity contribution in [1.82, 2.24) is 10.2 Å². The van der Waals surface area contributed by atoms with Gasteiger partial charge < -0.3 is 10.2 Å². The largest absolute Gasteiger partial charge is 0.352 e. The zero-order valence-corrected chi connectivity index (χ0v) is 14.5. The minimum atomic E-state index is -0.240. The van der Waals surface area contributed by atoms with Crippen molar-refractivity contribution >= 4 is 23.6 Å². The average molecular weight is 320 g/mol. The average Bonchev–Trinajstić information content (AvgIpc) is 2.87. The predicted molar refractivity (Wildman–Crippen MR) is 89.6 cm³/mol. The van der Waals surface area contributed by atoms with E-state index in [0.29, 0.717) is 19.5 Å². The lowest BCUT2D eigenvalue weighted by atomic mass is 10.1. The van der Waals surface area contributed by atoms with Gasteiger partial charge in [0.05, 0.1) is 5.92 Å². The van der Waals surface area contributed by atoms with E-state index in [1.54, 1.807) is 16.7 Å². The summed E-state index contributed by atoms with van der Waals surface area (Å²) in [6.07, 6.45) is 2.34. The quantitative estimate of drug-likeness (QED) is 0.868. The summed E-state index contributed by atoms with van der Waals surface area (Å²) >= 11 is 1.68. The van der Waals surface area contributed by atoms with Crippen LogP contribution in [0.15, 0.2) is 29.2 Å². The van der Waals surface area contributed by atoms with E-state index in [1.165, 1.54) is 4.90 Å². The maximum absolute atomic E-state index is 12.3. The van der Waals surface area contributed by atoms with E-state index >= 15 is 0 Å². The molecule has 2 amide bonds. The highest BCUT2D eigenvalue weighted by atomic mass is 32.2. The van der Waals surface area contributed by atoms with Crippen LogP contribution in [0.3, 0.4) is 0 Å². The van der Waals surface area contributed by atoms with Crippen molar-refractivity contribution in [3.8, 4) is 0 Å². The fourth-order valence-electron chi connectivity index (χ4n) is 2.65. The first-order valence-electron chi connectivity index (χ1n) is 7.52. The van der Waals surface area contributed by atoms with Gasteiger partial charge in [-0.2, -0.15) is 0 Å². The molecule has 1 aromatic rings. The monoisotopic (exact) mass is 320 g/mol. The molecule has 1 aromatic carbocycles. The van der Waals surface area contributed by atoms with E-state index in [0.717, 1.165) is 5.56 Å². The second-order valence-corrected chi connectivity index (χ2v) is 7.53. The van der Waals surface area contributed by atoms with Gasteiger partial charge in [0.2, 0.25) is 11.8 Å². The van der Waals surface area contributed by atoms with E-state index in [4.69, 9.17) is 0 Å². The van der Waals surface area contributed by atoms with Gasteiger partial charge in [-0.05, 0) is 44.7 Å². The number of carbonyl (C=O) groups excluding carboxylic acids is 2. The molecular weight excluding hydrogens is 296 g/mol. The Morgan fingerprint density at radius 2 is 2.14 bits per heavy atom. The molecule has 0 bridgehead atoms. The Bertz CT molecular complexity index is 566. The number of rotatable bonds is 4. The Morgan fingerprint density at radius 3 is 2.73 bits per heavy atom. The van der Waals surface area contributed by atoms with Crippen molar-refractivity contribution in [2.24, 2.45) is 5.92 Å². The highest BCUT2D eigenvalue weighted by Crippen LogP contribution is 2.26. The topological polar surface area (TPSA) is 49.4 Å². The molecule has 5 heteroatoms. The molecule has 0 aliphatic carbocycles. The number of benzene rings is 1. The van der Waals surface area contributed by atoms with Gasteiger partial charge in [0.25, 0.3) is 0 Å². The summed E-state index contributed by atoms with van der Waals surface area (Å²) in [4.78, 5) is 27.3. The first kappa shape index (κ1) is 16.9. The van der Waals surface area contributed by atoms with Crippen molar-refractivity contribution < 1.29 is 9.59 Å². The number of hydrogen-bond acceptors (Lipinski definition) is 3. The number of carbonyl (C=O) groups is 2. The number of likely N-dealkylation sites (tertiary alicyclic amines) is 1. The van der Waals surface area contributed by atoms with E-state index < -0.39 is 0 Å². The maximum Gasteiger partial charge on any atom is 0.225 e. The van der Waals surface area contributed by atoms with Gasteiger partial charge in [-0.25, -0.2) is 0 Å². The Morgan fingerprint density at radius 1 is 1.41 bits per heavy atom. The standard InChI is InChI=1S/C17H24N2O2S/c1-17(2,3)19-11-13(9-15(19)20)16(21)18-10-12-6-5-7-14(8-12)22-4/h5-8,13H,9-11H2,1-4H3,(H,18,21)/t13-/m0/s1. The normalized spacial score (nSPS) is 18.6. The summed E-state index contributed by atoms with van der Waals surface area (Å²) < 4.78 is 0. The van der Waals surface area contributed by atoms with E-state index in [2.05, 4.69) is 11.4 Å². The van der Waals surface area contributed by atoms with Crippen molar-refractivity contribution in [2.75, 3.05) is 12.8 Å². The number of thioether (sulfide) groups is 1. The van der Waals surface area contributed by atoms with Gasteiger partial charge in [0.15, 0.2) is 0 Å². The molecule has 1 atom stereocenters. The van der Waals surface area contributed by atoms with Gasteiger partial charge in [0, 0.05) is 29.9 Å². The van der Waals surface area contributed by atoms with Crippen LogP contribution in [0.4, 0.5) is 0 Å². The molecule has 1 fully saturated rings. The number of nitrogens with zero attached hydrogens (tertiary/aromatic N) is 1. The molecule has 0 saturated carbocycles. The summed E-state index contributed by atoms with van der Waals surface area (Å²) in [7, 11) is 0. The Labute approximate surface area is 136 Å². The first-order valence-corrected chi connectivity index (χ1v) is 8.75. The molecule has 0 aromatic heterocycles. The Kier molecular flexibility index (Phi) is 5.16. The summed E-state index contributed by atoms with van der Waals surface area (Å²) in [5.74, 6) is -0.206. The lowest BCUT2D eigenvalue weighted by Gasteiger charge is -2.31. The molecule has 1 N–H and O–H groups in total. The molecule has 1 saturated heterocycles. The van der Waals surface area contributed by atoms with Crippen LogP contribution < -0.4 is 5.32 Å². The zero-order valence-electron chi connectivity index (χ0n) is 13.7. The third-order valence-electron chi connectivity index (χ3n) is 3.91. The van der Waals surface area contributed by atoms with Crippen molar-refractivity contribution in [2.45, 2.75) is 44.2 Å². The van der Waals surface area contributed by atoms with Crippen LogP contribution in [0.5, 0.6) is 0 Å². The van der Waals surface area contributed by atoms with Gasteiger partial charge in [-0.1, -0.05) is 12.1 Å². The molecule has 1 aliphatic rings. The summed E-state index contributed by atoms with van der Waals surface area (Å²) in [6, 6.07) is 8.12. The molecule has 4 nitrogen and oxygen atoms in total. The van der Waals surface area contributed by atoms with Crippen LogP contribution in [0.1, 0.15) is 32.8 Å². The molecule has 22 heavy (non-hydrogen) atoms. The van der Waals surface area contributed by atoms with Crippen molar-refractivity contribution in [3.05, 3.63) is 29.8 Å². The molecule has 1 aliphatic heterocycles. The molecule has 120 valence electrons. The molecule has 2 rings (SSSR count). The van der Waals surface area contributed by atoms with Crippen LogP contribution in [-0.4, -0.2) is 35.1 Å². The van der Waals surface area contributed by atoms with Gasteiger partial charge in [-0.15, -0.1) is 11.8 Å². The Balaban J connectivity index is 1.92. The van der Waals surface area contributed by atoms with E-state index in [1.807, 2.05) is 45.2 Å². The van der Waals surface area contributed by atoms with E-state index in [9.17, 15) is 9.59 Å². The minimum Gasteiger partial charge on any atom is -0.352 e. The maximum atomic E-state index is 12.3. The summed E-state index contributed by atoms with van der Waals surface area (Å²) in [6.45, 7) is 7.02. The number of hydrogen-bond donors (Lipinski definition) is 1. The molecule has 1 heterocycles. The van der Waals surface area contributed by atoms with Crippen molar-refractivity contribution in [3.63, 3.8) is 0 Å². The summed E-state index contributed by atoms with van der Waals surface area (Å²) in [5, 5.41) is 2.96. The van der Waals surface area contributed by atoms with Crippen LogP contribution in [-0.2, 0) is 16.1 Å². The van der Waals surface area contributed by atoms with Crippen molar-refractivity contribution in [1.29, 1.82) is 0 Å². The minimum absolute atomic E-state index is 0.0327. The van der Waals surface area contributed by atoms with E-state index in [-0.39, 0.29) is 23.3 Å². The highest BCUT2D eigenvalue weighted by molar-refractivity contribution is 7.98. The lowest BCUT2D eigenvalue weighted by Crippen LogP contribution is -2.43.